The van der Waals surface area contributed by atoms with Crippen molar-refractivity contribution in [2.24, 2.45) is 0 Å². The summed E-state index contributed by atoms with van der Waals surface area (Å²) in [6.07, 6.45) is 3.43. The minimum absolute atomic E-state index is 0.0913. The first-order valence-electron chi connectivity index (χ1n) is 5.45. The SMILES string of the molecule is O=C(CNc1ncc(I)cn1)N1CCNCC1. The molecule has 1 fully saturated rings. The molecule has 1 aliphatic rings. The molecule has 0 bridgehead atoms. The van der Waals surface area contributed by atoms with Crippen molar-refractivity contribution < 1.29 is 4.79 Å². The fraction of sp³-hybridized carbons (Fsp3) is 0.500. The van der Waals surface area contributed by atoms with Crippen LogP contribution in [-0.2, 0) is 4.79 Å². The number of hydrogen-bond donors (Lipinski definition) is 2. The highest BCUT2D eigenvalue weighted by Crippen LogP contribution is 2.02. The van der Waals surface area contributed by atoms with Gasteiger partial charge in [0.25, 0.3) is 0 Å². The number of amides is 1. The number of carbonyl (C=O) groups is 1. The molecule has 1 amide bonds. The Morgan fingerprint density at radius 1 is 1.41 bits per heavy atom. The number of anilines is 1. The third-order valence-corrected chi connectivity index (χ3v) is 3.04. The zero-order chi connectivity index (χ0) is 12.1. The predicted octanol–water partition coefficient (Wildman–Crippen LogP) is -0.0751. The van der Waals surface area contributed by atoms with Crippen LogP contribution in [0.3, 0.4) is 0 Å². The van der Waals surface area contributed by atoms with Gasteiger partial charge in [-0.3, -0.25) is 4.79 Å². The lowest BCUT2D eigenvalue weighted by atomic mass is 10.3. The van der Waals surface area contributed by atoms with E-state index in [2.05, 4.69) is 43.2 Å². The average molecular weight is 347 g/mol. The standard InChI is InChI=1S/C10H14IN5O/c11-8-5-13-10(14-6-8)15-7-9(17)16-3-1-12-2-4-16/h5-6,12H,1-4,7H2,(H,13,14,15). The largest absolute Gasteiger partial charge is 0.345 e. The molecule has 1 aromatic heterocycles. The van der Waals surface area contributed by atoms with Crippen LogP contribution in [0.4, 0.5) is 5.95 Å². The number of rotatable bonds is 3. The fourth-order valence-electron chi connectivity index (χ4n) is 1.58. The van der Waals surface area contributed by atoms with Crippen molar-refractivity contribution in [3.8, 4) is 0 Å². The van der Waals surface area contributed by atoms with E-state index in [1.807, 2.05) is 4.90 Å². The first-order chi connectivity index (χ1) is 8.25. The van der Waals surface area contributed by atoms with E-state index in [1.165, 1.54) is 0 Å². The highest BCUT2D eigenvalue weighted by Gasteiger charge is 2.15. The van der Waals surface area contributed by atoms with Gasteiger partial charge in [-0.1, -0.05) is 0 Å². The van der Waals surface area contributed by atoms with Gasteiger partial charge in [0.2, 0.25) is 11.9 Å². The molecule has 0 spiro atoms. The minimum Gasteiger partial charge on any atom is -0.345 e. The summed E-state index contributed by atoms with van der Waals surface area (Å²) in [6.45, 7) is 3.53. The fourth-order valence-corrected chi connectivity index (χ4v) is 1.86. The van der Waals surface area contributed by atoms with Crippen molar-refractivity contribution in [1.82, 2.24) is 20.2 Å². The summed E-state index contributed by atoms with van der Waals surface area (Å²) in [6, 6.07) is 0. The van der Waals surface area contributed by atoms with E-state index in [0.717, 1.165) is 29.7 Å². The Kier molecular flexibility index (Phi) is 4.49. The molecular formula is C10H14IN5O. The first-order valence-corrected chi connectivity index (χ1v) is 6.53. The van der Waals surface area contributed by atoms with Crippen molar-refractivity contribution in [3.05, 3.63) is 16.0 Å². The Morgan fingerprint density at radius 3 is 2.71 bits per heavy atom. The first kappa shape index (κ1) is 12.5. The van der Waals surface area contributed by atoms with Gasteiger partial charge in [0.1, 0.15) is 0 Å². The molecule has 1 aliphatic heterocycles. The van der Waals surface area contributed by atoms with Crippen molar-refractivity contribution in [1.29, 1.82) is 0 Å². The number of nitrogens with zero attached hydrogens (tertiary/aromatic N) is 3. The zero-order valence-electron chi connectivity index (χ0n) is 9.32. The van der Waals surface area contributed by atoms with Gasteiger partial charge in [-0.2, -0.15) is 0 Å². The third-order valence-electron chi connectivity index (χ3n) is 2.49. The number of nitrogens with one attached hydrogen (secondary N) is 2. The van der Waals surface area contributed by atoms with Crippen LogP contribution in [-0.4, -0.2) is 53.5 Å². The number of piperazine rings is 1. The van der Waals surface area contributed by atoms with E-state index in [0.29, 0.717) is 5.95 Å². The van der Waals surface area contributed by atoms with Gasteiger partial charge in [-0.15, -0.1) is 0 Å². The summed E-state index contributed by atoms with van der Waals surface area (Å²) in [7, 11) is 0. The quantitative estimate of drug-likeness (QED) is 0.749. The molecule has 0 unspecified atom stereocenters. The molecule has 2 heterocycles. The molecule has 0 aliphatic carbocycles. The Labute approximate surface area is 113 Å². The Hall–Kier alpha value is -0.960. The smallest absolute Gasteiger partial charge is 0.242 e. The Morgan fingerprint density at radius 2 is 2.06 bits per heavy atom. The molecule has 6 nitrogen and oxygen atoms in total. The molecule has 2 rings (SSSR count). The van der Waals surface area contributed by atoms with E-state index >= 15 is 0 Å². The highest BCUT2D eigenvalue weighted by molar-refractivity contribution is 14.1. The van der Waals surface area contributed by atoms with Crippen LogP contribution in [0.25, 0.3) is 0 Å². The van der Waals surface area contributed by atoms with Gasteiger partial charge in [0, 0.05) is 42.1 Å². The van der Waals surface area contributed by atoms with Gasteiger partial charge < -0.3 is 15.5 Å². The van der Waals surface area contributed by atoms with Gasteiger partial charge in [-0.05, 0) is 22.6 Å². The Bertz CT molecular complexity index is 377. The third kappa shape index (κ3) is 3.77. The molecular weight excluding hydrogens is 333 g/mol. The molecule has 0 atom stereocenters. The lowest BCUT2D eigenvalue weighted by Crippen LogP contribution is -2.48. The highest BCUT2D eigenvalue weighted by atomic mass is 127. The molecule has 92 valence electrons. The molecule has 1 saturated heterocycles. The van der Waals surface area contributed by atoms with Crippen LogP contribution in [0, 0.1) is 3.57 Å². The normalized spacial score (nSPS) is 15.7. The monoisotopic (exact) mass is 347 g/mol. The molecule has 7 heteroatoms. The van der Waals surface area contributed by atoms with Crippen LogP contribution < -0.4 is 10.6 Å². The summed E-state index contributed by atoms with van der Waals surface area (Å²) in [5.74, 6) is 0.586. The van der Waals surface area contributed by atoms with Crippen molar-refractivity contribution in [3.63, 3.8) is 0 Å². The summed E-state index contributed by atoms with van der Waals surface area (Å²) < 4.78 is 0.974. The lowest BCUT2D eigenvalue weighted by Gasteiger charge is -2.27. The molecule has 17 heavy (non-hydrogen) atoms. The van der Waals surface area contributed by atoms with Gasteiger partial charge in [0.05, 0.1) is 6.54 Å². The zero-order valence-corrected chi connectivity index (χ0v) is 11.5. The van der Waals surface area contributed by atoms with Crippen LogP contribution in [0.2, 0.25) is 0 Å². The molecule has 2 N–H and O–H groups in total. The van der Waals surface area contributed by atoms with Crippen molar-refractivity contribution in [2.45, 2.75) is 0 Å². The summed E-state index contributed by atoms with van der Waals surface area (Å²) in [4.78, 5) is 21.8. The summed E-state index contributed by atoms with van der Waals surface area (Å²) in [5, 5.41) is 6.14. The summed E-state index contributed by atoms with van der Waals surface area (Å²) >= 11 is 2.14. The second kappa shape index (κ2) is 6.10. The van der Waals surface area contributed by atoms with Crippen LogP contribution in [0.1, 0.15) is 0 Å². The van der Waals surface area contributed by atoms with Crippen LogP contribution in [0.15, 0.2) is 12.4 Å². The summed E-state index contributed by atoms with van der Waals surface area (Å²) in [5.41, 5.74) is 0. The van der Waals surface area contributed by atoms with Crippen LogP contribution >= 0.6 is 22.6 Å². The number of aromatic nitrogens is 2. The molecule has 0 aromatic carbocycles. The maximum atomic E-state index is 11.8. The van der Waals surface area contributed by atoms with Crippen molar-refractivity contribution >= 4 is 34.4 Å². The molecule has 0 radical (unpaired) electrons. The maximum Gasteiger partial charge on any atom is 0.242 e. The second-order valence-electron chi connectivity index (χ2n) is 3.71. The van der Waals surface area contributed by atoms with E-state index in [1.54, 1.807) is 12.4 Å². The van der Waals surface area contributed by atoms with E-state index in [4.69, 9.17) is 0 Å². The topological polar surface area (TPSA) is 70.2 Å². The number of halogens is 1. The number of carbonyl (C=O) groups excluding carboxylic acids is 1. The van der Waals surface area contributed by atoms with E-state index in [9.17, 15) is 4.79 Å². The Balaban J connectivity index is 1.81. The average Bonchev–Trinajstić information content (AvgIpc) is 2.39. The predicted molar refractivity (Wildman–Crippen MR) is 72.7 cm³/mol. The lowest BCUT2D eigenvalue weighted by molar-refractivity contribution is -0.129. The molecule has 1 aromatic rings. The van der Waals surface area contributed by atoms with Crippen molar-refractivity contribution in [2.75, 3.05) is 38.0 Å². The van der Waals surface area contributed by atoms with Crippen LogP contribution in [0.5, 0.6) is 0 Å². The number of hydrogen-bond acceptors (Lipinski definition) is 5. The molecule has 0 saturated carbocycles. The second-order valence-corrected chi connectivity index (χ2v) is 4.95. The van der Waals surface area contributed by atoms with E-state index < -0.39 is 0 Å². The van der Waals surface area contributed by atoms with Gasteiger partial charge in [-0.25, -0.2) is 9.97 Å². The maximum absolute atomic E-state index is 11.8. The van der Waals surface area contributed by atoms with Gasteiger partial charge >= 0.3 is 0 Å². The van der Waals surface area contributed by atoms with E-state index in [-0.39, 0.29) is 12.5 Å². The minimum atomic E-state index is 0.0913. The van der Waals surface area contributed by atoms with Gasteiger partial charge in [0.15, 0.2) is 0 Å².